The van der Waals surface area contributed by atoms with Crippen LogP contribution >= 0.6 is 0 Å². The number of nitrogens with zero attached hydrogens (tertiary/aromatic N) is 4. The molecule has 0 fully saturated rings. The number of benzene rings is 2. The van der Waals surface area contributed by atoms with E-state index in [2.05, 4.69) is 10.1 Å². The Hall–Kier alpha value is -3.68. The van der Waals surface area contributed by atoms with E-state index in [0.29, 0.717) is 11.3 Å². The Morgan fingerprint density at radius 3 is 2.54 bits per heavy atom. The van der Waals surface area contributed by atoms with Crippen LogP contribution in [0.3, 0.4) is 0 Å². The van der Waals surface area contributed by atoms with E-state index in [4.69, 9.17) is 10.5 Å². The highest BCUT2D eigenvalue weighted by Gasteiger charge is 2.22. The Kier molecular flexibility index (Phi) is 5.69. The average Bonchev–Trinajstić information content (AvgIpc) is 3.26. The van der Waals surface area contributed by atoms with Crippen LogP contribution in [0, 0.1) is 0 Å². The number of carbonyl (C=O) groups is 2. The van der Waals surface area contributed by atoms with Gasteiger partial charge in [-0.25, -0.2) is 9.67 Å². The van der Waals surface area contributed by atoms with Crippen LogP contribution in [0.15, 0.2) is 61.2 Å². The topological polar surface area (TPSA) is 103 Å². The summed E-state index contributed by atoms with van der Waals surface area (Å²) >= 11 is 0. The summed E-state index contributed by atoms with van der Waals surface area (Å²) in [5.74, 6) is -0.490. The summed E-state index contributed by atoms with van der Waals surface area (Å²) in [5, 5.41) is 4.10. The zero-order valence-corrected chi connectivity index (χ0v) is 15.6. The molecule has 2 amide bonds. The molecule has 0 aliphatic heterocycles. The van der Waals surface area contributed by atoms with E-state index in [1.165, 1.54) is 6.33 Å². The summed E-state index contributed by atoms with van der Waals surface area (Å²) in [7, 11) is 1.73. The molecule has 0 spiro atoms. The molecule has 0 radical (unpaired) electrons. The molecule has 1 heterocycles. The van der Waals surface area contributed by atoms with Crippen LogP contribution in [0.4, 0.5) is 0 Å². The minimum atomic E-state index is -0.601. The van der Waals surface area contributed by atoms with Crippen molar-refractivity contribution in [1.82, 2.24) is 19.7 Å². The van der Waals surface area contributed by atoms with E-state index < -0.39 is 5.91 Å². The number of amides is 2. The lowest BCUT2D eigenvalue weighted by molar-refractivity contribution is -0.119. The predicted molar refractivity (Wildman–Crippen MR) is 103 cm³/mol. The molecule has 1 unspecified atom stereocenters. The van der Waals surface area contributed by atoms with E-state index >= 15 is 0 Å². The first-order valence-corrected chi connectivity index (χ1v) is 8.69. The zero-order chi connectivity index (χ0) is 20.1. The van der Waals surface area contributed by atoms with Gasteiger partial charge in [-0.15, -0.1) is 0 Å². The molecule has 3 rings (SSSR count). The van der Waals surface area contributed by atoms with Crippen LogP contribution in [0.25, 0.3) is 5.69 Å². The van der Waals surface area contributed by atoms with Crippen LogP contribution in [0.2, 0.25) is 0 Å². The van der Waals surface area contributed by atoms with Gasteiger partial charge in [-0.1, -0.05) is 24.3 Å². The molecule has 8 heteroatoms. The Balaban J connectivity index is 1.77. The van der Waals surface area contributed by atoms with Crippen LogP contribution < -0.4 is 10.5 Å². The smallest absolute Gasteiger partial charge is 0.257 e. The Morgan fingerprint density at radius 1 is 1.18 bits per heavy atom. The van der Waals surface area contributed by atoms with Crippen molar-refractivity contribution in [2.45, 2.75) is 13.0 Å². The Labute approximate surface area is 162 Å². The van der Waals surface area contributed by atoms with E-state index in [-0.39, 0.29) is 18.6 Å². The Bertz CT molecular complexity index is 954. The van der Waals surface area contributed by atoms with Gasteiger partial charge in [0.15, 0.2) is 6.61 Å². The van der Waals surface area contributed by atoms with Crippen molar-refractivity contribution in [2.24, 2.45) is 5.73 Å². The fourth-order valence-electron chi connectivity index (χ4n) is 2.75. The van der Waals surface area contributed by atoms with Gasteiger partial charge in [0, 0.05) is 7.05 Å². The highest BCUT2D eigenvalue weighted by atomic mass is 16.5. The maximum absolute atomic E-state index is 13.0. The van der Waals surface area contributed by atoms with Crippen molar-refractivity contribution >= 4 is 11.8 Å². The second-order valence-electron chi connectivity index (χ2n) is 6.27. The summed E-state index contributed by atoms with van der Waals surface area (Å²) < 4.78 is 7.04. The number of ether oxygens (including phenoxy) is 1. The van der Waals surface area contributed by atoms with E-state index in [0.717, 1.165) is 11.3 Å². The van der Waals surface area contributed by atoms with Gasteiger partial charge in [0.1, 0.15) is 18.4 Å². The first-order valence-electron chi connectivity index (χ1n) is 8.69. The third kappa shape index (κ3) is 4.17. The molecule has 0 saturated heterocycles. The molecule has 2 N–H and O–H groups in total. The van der Waals surface area contributed by atoms with Gasteiger partial charge in [-0.3, -0.25) is 9.59 Å². The van der Waals surface area contributed by atoms with Crippen molar-refractivity contribution in [3.05, 3.63) is 72.3 Å². The number of hydrogen-bond acceptors (Lipinski definition) is 5. The summed E-state index contributed by atoms with van der Waals surface area (Å²) in [5.41, 5.74) is 7.35. The largest absolute Gasteiger partial charge is 0.483 e. The highest BCUT2D eigenvalue weighted by Crippen LogP contribution is 2.25. The molecule has 0 aliphatic carbocycles. The van der Waals surface area contributed by atoms with Gasteiger partial charge in [0.05, 0.1) is 17.3 Å². The second kappa shape index (κ2) is 8.34. The number of aromatic nitrogens is 3. The molecule has 2 aromatic carbocycles. The third-order valence-corrected chi connectivity index (χ3v) is 4.45. The van der Waals surface area contributed by atoms with Crippen LogP contribution in [-0.4, -0.2) is 45.1 Å². The van der Waals surface area contributed by atoms with Crippen LogP contribution in [-0.2, 0) is 4.79 Å². The Morgan fingerprint density at radius 2 is 1.89 bits per heavy atom. The summed E-state index contributed by atoms with van der Waals surface area (Å²) in [4.78, 5) is 29.5. The molecule has 1 aromatic heterocycles. The molecule has 0 bridgehead atoms. The zero-order valence-electron chi connectivity index (χ0n) is 15.6. The first-order chi connectivity index (χ1) is 13.5. The number of hydrogen-bond donors (Lipinski definition) is 1. The number of rotatable bonds is 7. The standard InChI is InChI=1S/C20H21N5O3/c1-14(15-7-9-16(10-8-15)25-13-22-12-23-25)24(2)20(27)17-5-3-4-6-18(17)28-11-19(21)26/h3-10,12-14H,11H2,1-2H3,(H2,21,26). The lowest BCUT2D eigenvalue weighted by atomic mass is 10.1. The predicted octanol–water partition coefficient (Wildman–Crippen LogP) is 1.96. The van der Waals surface area contributed by atoms with Gasteiger partial charge < -0.3 is 15.4 Å². The molecule has 0 aliphatic rings. The van der Waals surface area contributed by atoms with E-state index in [1.807, 2.05) is 31.2 Å². The maximum atomic E-state index is 13.0. The van der Waals surface area contributed by atoms with Crippen LogP contribution in [0.1, 0.15) is 28.9 Å². The summed E-state index contributed by atoms with van der Waals surface area (Å²) in [6, 6.07) is 14.3. The maximum Gasteiger partial charge on any atom is 0.257 e. The van der Waals surface area contributed by atoms with Crippen molar-refractivity contribution in [3.63, 3.8) is 0 Å². The van der Waals surface area contributed by atoms with Crippen molar-refractivity contribution in [1.29, 1.82) is 0 Å². The lowest BCUT2D eigenvalue weighted by Crippen LogP contribution is -2.30. The van der Waals surface area contributed by atoms with Gasteiger partial charge in [0.25, 0.3) is 11.8 Å². The number of primary amides is 1. The second-order valence-corrected chi connectivity index (χ2v) is 6.27. The molecule has 0 saturated carbocycles. The minimum absolute atomic E-state index is 0.179. The first kappa shape index (κ1) is 19.1. The number of carbonyl (C=O) groups excluding carboxylic acids is 2. The monoisotopic (exact) mass is 379 g/mol. The minimum Gasteiger partial charge on any atom is -0.483 e. The average molecular weight is 379 g/mol. The molecular formula is C20H21N5O3. The molecule has 8 nitrogen and oxygen atoms in total. The van der Waals surface area contributed by atoms with Gasteiger partial charge in [-0.2, -0.15) is 5.10 Å². The normalized spacial score (nSPS) is 11.6. The quantitative estimate of drug-likeness (QED) is 0.676. The number of para-hydroxylation sites is 1. The van der Waals surface area contributed by atoms with Gasteiger partial charge in [-0.05, 0) is 36.8 Å². The SMILES string of the molecule is CC(c1ccc(-n2cncn2)cc1)N(C)C(=O)c1ccccc1OCC(N)=O. The molecule has 3 aromatic rings. The fourth-order valence-corrected chi connectivity index (χ4v) is 2.75. The third-order valence-electron chi connectivity index (χ3n) is 4.45. The van der Waals surface area contributed by atoms with Crippen LogP contribution in [0.5, 0.6) is 5.75 Å². The van der Waals surface area contributed by atoms with Crippen molar-refractivity contribution in [3.8, 4) is 11.4 Å². The van der Waals surface area contributed by atoms with Gasteiger partial charge in [0.2, 0.25) is 0 Å². The molecular weight excluding hydrogens is 358 g/mol. The molecule has 28 heavy (non-hydrogen) atoms. The summed E-state index contributed by atoms with van der Waals surface area (Å²) in [6.07, 6.45) is 3.10. The lowest BCUT2D eigenvalue weighted by Gasteiger charge is -2.26. The van der Waals surface area contributed by atoms with E-state index in [1.54, 1.807) is 47.2 Å². The fraction of sp³-hybridized carbons (Fsp3) is 0.200. The summed E-state index contributed by atoms with van der Waals surface area (Å²) in [6.45, 7) is 1.66. The van der Waals surface area contributed by atoms with Gasteiger partial charge >= 0.3 is 0 Å². The van der Waals surface area contributed by atoms with E-state index in [9.17, 15) is 9.59 Å². The highest BCUT2D eigenvalue weighted by molar-refractivity contribution is 5.97. The van der Waals surface area contributed by atoms with Crippen molar-refractivity contribution < 1.29 is 14.3 Å². The van der Waals surface area contributed by atoms with Crippen molar-refractivity contribution in [2.75, 3.05) is 13.7 Å². The number of nitrogens with two attached hydrogens (primary N) is 1. The molecule has 1 atom stereocenters. The molecule has 144 valence electrons.